The van der Waals surface area contributed by atoms with E-state index in [0.29, 0.717) is 11.7 Å². The van der Waals surface area contributed by atoms with E-state index < -0.39 is 10.1 Å². The first-order chi connectivity index (χ1) is 8.46. The van der Waals surface area contributed by atoms with Gasteiger partial charge in [-0.25, -0.2) is 0 Å². The van der Waals surface area contributed by atoms with Gasteiger partial charge in [-0.2, -0.15) is 8.42 Å². The first kappa shape index (κ1) is 13.5. The largest absolute Gasteiger partial charge is 0.299 e. The predicted molar refractivity (Wildman–Crippen MR) is 68.5 cm³/mol. The van der Waals surface area contributed by atoms with Crippen LogP contribution in [0.3, 0.4) is 0 Å². The van der Waals surface area contributed by atoms with Crippen molar-refractivity contribution in [2.45, 2.75) is 25.5 Å². The van der Waals surface area contributed by atoms with Gasteiger partial charge in [0, 0.05) is 12.2 Å². The Morgan fingerprint density at radius 2 is 2.28 bits per heavy atom. The van der Waals surface area contributed by atoms with Gasteiger partial charge in [0.05, 0.1) is 11.9 Å². The van der Waals surface area contributed by atoms with Gasteiger partial charge in [0.25, 0.3) is 10.1 Å². The van der Waals surface area contributed by atoms with Crippen molar-refractivity contribution in [3.8, 4) is 0 Å². The fraction of sp³-hybridized carbons (Fsp3) is 0.583. The smallest absolute Gasteiger partial charge is 0.264 e. The molecule has 0 saturated carbocycles. The molecule has 1 atom stereocenters. The maximum Gasteiger partial charge on any atom is 0.264 e. The molecule has 0 radical (unpaired) electrons. The van der Waals surface area contributed by atoms with E-state index in [0.717, 1.165) is 19.2 Å². The fourth-order valence-electron chi connectivity index (χ4n) is 2.22. The van der Waals surface area contributed by atoms with Crippen LogP contribution in [0.1, 0.15) is 30.1 Å². The summed E-state index contributed by atoms with van der Waals surface area (Å²) in [6.45, 7) is 1.11. The summed E-state index contributed by atoms with van der Waals surface area (Å²) in [6.07, 6.45) is 5.21. The van der Waals surface area contributed by atoms with Crippen molar-refractivity contribution in [3.63, 3.8) is 0 Å². The molecule has 1 unspecified atom stereocenters. The molecule has 1 saturated heterocycles. The number of hydrogen-bond donors (Lipinski definition) is 0. The van der Waals surface area contributed by atoms with Crippen molar-refractivity contribution in [2.24, 2.45) is 0 Å². The lowest BCUT2D eigenvalue weighted by atomic mass is 10.1. The van der Waals surface area contributed by atoms with E-state index in [9.17, 15) is 8.42 Å². The number of likely N-dealkylation sites (tertiary alicyclic amines) is 1. The Labute approximate surface area is 108 Å². The minimum atomic E-state index is -3.41. The molecule has 6 heteroatoms. The molecular formula is C12H18N2O3S. The first-order valence-electron chi connectivity index (χ1n) is 5.95. The highest BCUT2D eigenvalue weighted by Gasteiger charge is 2.22. The normalized spacial score (nSPS) is 21.3. The second kappa shape index (κ2) is 5.34. The molecular weight excluding hydrogens is 252 g/mol. The topological polar surface area (TPSA) is 59.5 Å². The minimum Gasteiger partial charge on any atom is -0.299 e. The van der Waals surface area contributed by atoms with E-state index in [1.807, 2.05) is 18.3 Å². The molecule has 1 aromatic heterocycles. The van der Waals surface area contributed by atoms with Gasteiger partial charge < -0.3 is 0 Å². The standard InChI is InChI=1S/C12H18N2O3S/c1-14-7-3-4-12(14)10-5-6-11(13-8-10)9-17-18(2,15)16/h5-6,8,12H,3-4,7,9H2,1-2H3. The van der Waals surface area contributed by atoms with Gasteiger partial charge >= 0.3 is 0 Å². The second-order valence-electron chi connectivity index (χ2n) is 4.69. The van der Waals surface area contributed by atoms with Gasteiger partial charge in [-0.3, -0.25) is 14.1 Å². The van der Waals surface area contributed by atoms with Crippen molar-refractivity contribution in [1.29, 1.82) is 0 Å². The molecule has 1 aliphatic rings. The molecule has 0 aliphatic carbocycles. The number of hydrogen-bond acceptors (Lipinski definition) is 5. The fourth-order valence-corrected chi connectivity index (χ4v) is 2.55. The Morgan fingerprint density at radius 1 is 1.50 bits per heavy atom. The quantitative estimate of drug-likeness (QED) is 0.772. The zero-order valence-electron chi connectivity index (χ0n) is 10.7. The molecule has 0 aromatic carbocycles. The van der Waals surface area contributed by atoms with Crippen LogP contribution in [-0.2, 0) is 20.9 Å². The zero-order valence-corrected chi connectivity index (χ0v) is 11.5. The molecule has 2 heterocycles. The summed E-state index contributed by atoms with van der Waals surface area (Å²) in [5.41, 5.74) is 1.81. The Hall–Kier alpha value is -0.980. The average Bonchev–Trinajstić information content (AvgIpc) is 2.73. The van der Waals surface area contributed by atoms with Gasteiger partial charge in [-0.1, -0.05) is 6.07 Å². The van der Waals surface area contributed by atoms with Gasteiger partial charge in [-0.05, 0) is 38.1 Å². The third-order valence-electron chi connectivity index (χ3n) is 3.17. The lowest BCUT2D eigenvalue weighted by molar-refractivity contribution is 0.305. The zero-order chi connectivity index (χ0) is 13.2. The van der Waals surface area contributed by atoms with Gasteiger partial charge in [0.1, 0.15) is 6.61 Å². The molecule has 1 aromatic rings. The maximum atomic E-state index is 10.9. The molecule has 5 nitrogen and oxygen atoms in total. The van der Waals surface area contributed by atoms with Crippen molar-refractivity contribution in [3.05, 3.63) is 29.6 Å². The molecule has 2 rings (SSSR count). The molecule has 0 N–H and O–H groups in total. The van der Waals surface area contributed by atoms with Crippen molar-refractivity contribution >= 4 is 10.1 Å². The second-order valence-corrected chi connectivity index (χ2v) is 6.33. The van der Waals surface area contributed by atoms with Crippen molar-refractivity contribution < 1.29 is 12.6 Å². The summed E-state index contributed by atoms with van der Waals surface area (Å²) in [5, 5.41) is 0. The summed E-state index contributed by atoms with van der Waals surface area (Å²) in [5.74, 6) is 0. The summed E-state index contributed by atoms with van der Waals surface area (Å²) < 4.78 is 26.4. The first-order valence-corrected chi connectivity index (χ1v) is 7.77. The van der Waals surface area contributed by atoms with Crippen molar-refractivity contribution in [1.82, 2.24) is 9.88 Å². The third kappa shape index (κ3) is 3.51. The van der Waals surface area contributed by atoms with Crippen molar-refractivity contribution in [2.75, 3.05) is 19.8 Å². The number of nitrogens with zero attached hydrogens (tertiary/aromatic N) is 2. The third-order valence-corrected chi connectivity index (χ3v) is 3.72. The summed E-state index contributed by atoms with van der Waals surface area (Å²) in [7, 11) is -1.30. The van der Waals surface area contributed by atoms with Crippen LogP contribution in [0.25, 0.3) is 0 Å². The van der Waals surface area contributed by atoms with Crippen LogP contribution in [0.4, 0.5) is 0 Å². The predicted octanol–water partition coefficient (Wildman–Crippen LogP) is 1.32. The lowest BCUT2D eigenvalue weighted by Gasteiger charge is -2.19. The van der Waals surface area contributed by atoms with Gasteiger partial charge in [0.15, 0.2) is 0 Å². The Bertz CT molecular complexity index is 499. The van der Waals surface area contributed by atoms with Crippen LogP contribution in [0.5, 0.6) is 0 Å². The van der Waals surface area contributed by atoms with Crippen LogP contribution >= 0.6 is 0 Å². The Morgan fingerprint density at radius 3 is 2.78 bits per heavy atom. The van der Waals surface area contributed by atoms with Crippen LogP contribution in [0, 0.1) is 0 Å². The van der Waals surface area contributed by atoms with Crippen LogP contribution in [-0.4, -0.2) is 38.1 Å². The van der Waals surface area contributed by atoms with Crippen LogP contribution < -0.4 is 0 Å². The summed E-state index contributed by atoms with van der Waals surface area (Å²) in [4.78, 5) is 6.55. The molecule has 1 aliphatic heterocycles. The van der Waals surface area contributed by atoms with Crippen LogP contribution in [0.2, 0.25) is 0 Å². The Kier molecular flexibility index (Phi) is 3.99. The lowest BCUT2D eigenvalue weighted by Crippen LogP contribution is -2.17. The van der Waals surface area contributed by atoms with Gasteiger partial charge in [0.2, 0.25) is 0 Å². The molecule has 0 spiro atoms. The molecule has 100 valence electrons. The van der Waals surface area contributed by atoms with Crippen LogP contribution in [0.15, 0.2) is 18.3 Å². The van der Waals surface area contributed by atoms with E-state index in [-0.39, 0.29) is 6.61 Å². The van der Waals surface area contributed by atoms with Gasteiger partial charge in [-0.15, -0.1) is 0 Å². The minimum absolute atomic E-state index is 0.000378. The van der Waals surface area contributed by atoms with E-state index in [4.69, 9.17) is 4.18 Å². The molecule has 1 fully saturated rings. The number of aromatic nitrogens is 1. The molecule has 0 amide bonds. The summed E-state index contributed by atoms with van der Waals surface area (Å²) >= 11 is 0. The highest BCUT2D eigenvalue weighted by Crippen LogP contribution is 2.29. The SMILES string of the molecule is CN1CCCC1c1ccc(COS(C)(=O)=O)nc1. The number of rotatable bonds is 4. The summed E-state index contributed by atoms with van der Waals surface area (Å²) in [6, 6.07) is 4.26. The monoisotopic (exact) mass is 270 g/mol. The highest BCUT2D eigenvalue weighted by atomic mass is 32.2. The van der Waals surface area contributed by atoms with E-state index in [2.05, 4.69) is 16.9 Å². The Balaban J connectivity index is 2.01. The molecule has 18 heavy (non-hydrogen) atoms. The van der Waals surface area contributed by atoms with E-state index in [1.54, 1.807) is 0 Å². The molecule has 0 bridgehead atoms. The average molecular weight is 270 g/mol. The highest BCUT2D eigenvalue weighted by molar-refractivity contribution is 7.85. The maximum absolute atomic E-state index is 10.9. The van der Waals surface area contributed by atoms with E-state index in [1.165, 1.54) is 12.0 Å². The van der Waals surface area contributed by atoms with E-state index >= 15 is 0 Å². The number of pyridine rings is 1.